The van der Waals surface area contributed by atoms with Crippen LogP contribution in [-0.4, -0.2) is 50.7 Å². The molecule has 2 unspecified atom stereocenters. The van der Waals surface area contributed by atoms with Gasteiger partial charge in [0.2, 0.25) is 10.0 Å². The van der Waals surface area contributed by atoms with Gasteiger partial charge in [-0.3, -0.25) is 0 Å². The Kier molecular flexibility index (Phi) is 4.83. The van der Waals surface area contributed by atoms with Crippen LogP contribution in [0, 0.1) is 5.92 Å². The van der Waals surface area contributed by atoms with Crippen molar-refractivity contribution < 1.29 is 13.2 Å². The maximum absolute atomic E-state index is 11.9. The molecule has 2 atom stereocenters. The van der Waals surface area contributed by atoms with Gasteiger partial charge in [-0.1, -0.05) is 0 Å². The molecule has 0 aromatic rings. The zero-order valence-electron chi connectivity index (χ0n) is 9.15. The van der Waals surface area contributed by atoms with Crippen LogP contribution in [-0.2, 0) is 14.8 Å². The van der Waals surface area contributed by atoms with Gasteiger partial charge in [0.05, 0.1) is 11.9 Å². The molecule has 0 aromatic carbocycles. The van der Waals surface area contributed by atoms with Gasteiger partial charge in [-0.05, 0) is 19.3 Å². The molecule has 1 rings (SSSR count). The number of sulfonamides is 1. The predicted octanol–water partition coefficient (Wildman–Crippen LogP) is 0.912. The number of rotatable bonds is 5. The summed E-state index contributed by atoms with van der Waals surface area (Å²) in [5.74, 6) is 0.473. The molecular weight excluding hydrogens is 238 g/mol. The molecule has 0 N–H and O–H groups in total. The van der Waals surface area contributed by atoms with Crippen LogP contribution in [0.4, 0.5) is 0 Å². The second-order valence-electron chi connectivity index (χ2n) is 3.98. The summed E-state index contributed by atoms with van der Waals surface area (Å²) >= 11 is 5.58. The minimum absolute atomic E-state index is 0.147. The molecule has 4 nitrogen and oxygen atoms in total. The van der Waals surface area contributed by atoms with Crippen molar-refractivity contribution in [3.8, 4) is 0 Å². The number of alkyl halides is 1. The van der Waals surface area contributed by atoms with Gasteiger partial charge in [0.25, 0.3) is 0 Å². The van der Waals surface area contributed by atoms with E-state index in [2.05, 4.69) is 0 Å². The molecule has 6 heteroatoms. The first-order valence-electron chi connectivity index (χ1n) is 5.06. The fraction of sp³-hybridized carbons (Fsp3) is 1.00. The lowest BCUT2D eigenvalue weighted by Crippen LogP contribution is -2.37. The molecule has 0 bridgehead atoms. The first kappa shape index (κ1) is 13.2. The highest BCUT2D eigenvalue weighted by atomic mass is 35.5. The fourth-order valence-electron chi connectivity index (χ4n) is 1.73. The Morgan fingerprint density at radius 3 is 2.80 bits per heavy atom. The number of halogens is 1. The van der Waals surface area contributed by atoms with Crippen LogP contribution >= 0.6 is 11.6 Å². The van der Waals surface area contributed by atoms with Gasteiger partial charge in [-0.25, -0.2) is 12.7 Å². The summed E-state index contributed by atoms with van der Waals surface area (Å²) in [4.78, 5) is 0. The summed E-state index contributed by atoms with van der Waals surface area (Å²) in [5, 5.41) is -0.500. The van der Waals surface area contributed by atoms with Crippen molar-refractivity contribution in [1.29, 1.82) is 0 Å². The smallest absolute Gasteiger partial charge is 0.217 e. The van der Waals surface area contributed by atoms with Gasteiger partial charge in [0.1, 0.15) is 0 Å². The highest BCUT2D eigenvalue weighted by Crippen LogP contribution is 2.22. The van der Waals surface area contributed by atoms with Crippen LogP contribution in [0.5, 0.6) is 0 Å². The molecule has 90 valence electrons. The van der Waals surface area contributed by atoms with E-state index < -0.39 is 15.3 Å². The van der Waals surface area contributed by atoms with Crippen LogP contribution in [0.2, 0.25) is 0 Å². The van der Waals surface area contributed by atoms with E-state index in [0.717, 1.165) is 6.42 Å². The van der Waals surface area contributed by atoms with E-state index in [4.69, 9.17) is 16.3 Å². The van der Waals surface area contributed by atoms with E-state index in [0.29, 0.717) is 25.6 Å². The summed E-state index contributed by atoms with van der Waals surface area (Å²) in [6.45, 7) is 3.43. The van der Waals surface area contributed by atoms with E-state index >= 15 is 0 Å². The van der Waals surface area contributed by atoms with E-state index in [1.54, 1.807) is 14.0 Å². The Balaban J connectivity index is 2.60. The van der Waals surface area contributed by atoms with Crippen molar-refractivity contribution in [2.24, 2.45) is 5.92 Å². The zero-order chi connectivity index (χ0) is 11.5. The van der Waals surface area contributed by atoms with Crippen molar-refractivity contribution >= 4 is 21.6 Å². The second-order valence-corrected chi connectivity index (χ2v) is 6.64. The third-order valence-electron chi connectivity index (χ3n) is 2.74. The SMILES string of the molecule is COCC1CCN(S(=O)(=O)C(C)CCl)C1. The van der Waals surface area contributed by atoms with Crippen LogP contribution < -0.4 is 0 Å². The standard InChI is InChI=1S/C9H18ClNO3S/c1-8(5-10)15(12,13)11-4-3-9(6-11)7-14-2/h8-9H,3-7H2,1-2H3. The Hall–Kier alpha value is 0.160. The summed E-state index contributed by atoms with van der Waals surface area (Å²) in [6.07, 6.45) is 0.877. The van der Waals surface area contributed by atoms with Gasteiger partial charge in [0, 0.05) is 26.1 Å². The van der Waals surface area contributed by atoms with E-state index in [9.17, 15) is 8.42 Å². The molecule has 1 heterocycles. The van der Waals surface area contributed by atoms with Crippen molar-refractivity contribution in [2.75, 3.05) is 32.7 Å². The van der Waals surface area contributed by atoms with Crippen LogP contribution in [0.1, 0.15) is 13.3 Å². The fourth-order valence-corrected chi connectivity index (χ4v) is 3.66. The molecule has 1 fully saturated rings. The predicted molar refractivity (Wildman–Crippen MR) is 60.7 cm³/mol. The number of methoxy groups -OCH3 is 1. The first-order chi connectivity index (χ1) is 7.02. The summed E-state index contributed by atoms with van der Waals surface area (Å²) in [5.41, 5.74) is 0. The number of ether oxygens (including phenoxy) is 1. The lowest BCUT2D eigenvalue weighted by atomic mass is 10.1. The molecule has 1 aliphatic rings. The minimum Gasteiger partial charge on any atom is -0.384 e. The van der Waals surface area contributed by atoms with Gasteiger partial charge in [-0.15, -0.1) is 11.6 Å². The lowest BCUT2D eigenvalue weighted by molar-refractivity contribution is 0.157. The minimum atomic E-state index is -3.19. The van der Waals surface area contributed by atoms with E-state index in [1.165, 1.54) is 4.31 Å². The number of hydrogen-bond acceptors (Lipinski definition) is 3. The van der Waals surface area contributed by atoms with Crippen molar-refractivity contribution in [3.63, 3.8) is 0 Å². The topological polar surface area (TPSA) is 46.6 Å². The lowest BCUT2D eigenvalue weighted by Gasteiger charge is -2.20. The molecule has 1 saturated heterocycles. The Morgan fingerprint density at radius 2 is 2.27 bits per heavy atom. The van der Waals surface area contributed by atoms with Crippen molar-refractivity contribution in [1.82, 2.24) is 4.31 Å². The second kappa shape index (κ2) is 5.48. The largest absolute Gasteiger partial charge is 0.384 e. The summed E-state index contributed by atoms with van der Waals surface area (Å²) in [6, 6.07) is 0. The van der Waals surface area contributed by atoms with Crippen LogP contribution in [0.3, 0.4) is 0 Å². The molecule has 15 heavy (non-hydrogen) atoms. The Labute approximate surface area is 96.6 Å². The third-order valence-corrected chi connectivity index (χ3v) is 5.62. The normalized spacial score (nSPS) is 25.7. The Morgan fingerprint density at radius 1 is 1.60 bits per heavy atom. The van der Waals surface area contributed by atoms with Crippen LogP contribution in [0.15, 0.2) is 0 Å². The highest BCUT2D eigenvalue weighted by molar-refractivity contribution is 7.89. The molecule has 1 aliphatic heterocycles. The zero-order valence-corrected chi connectivity index (χ0v) is 10.7. The molecule has 0 aromatic heterocycles. The average molecular weight is 256 g/mol. The average Bonchev–Trinajstić information content (AvgIpc) is 2.66. The molecule has 0 saturated carbocycles. The van der Waals surface area contributed by atoms with Gasteiger partial charge in [0.15, 0.2) is 0 Å². The van der Waals surface area contributed by atoms with Gasteiger partial charge < -0.3 is 4.74 Å². The monoisotopic (exact) mass is 255 g/mol. The van der Waals surface area contributed by atoms with E-state index in [1.807, 2.05) is 0 Å². The van der Waals surface area contributed by atoms with E-state index in [-0.39, 0.29) is 5.88 Å². The summed E-state index contributed by atoms with van der Waals surface area (Å²) < 4.78 is 30.4. The maximum Gasteiger partial charge on any atom is 0.217 e. The molecule has 0 spiro atoms. The number of hydrogen-bond donors (Lipinski definition) is 0. The third kappa shape index (κ3) is 3.06. The molecule has 0 aliphatic carbocycles. The molecule has 0 radical (unpaired) electrons. The van der Waals surface area contributed by atoms with Gasteiger partial charge in [-0.2, -0.15) is 0 Å². The van der Waals surface area contributed by atoms with Crippen molar-refractivity contribution in [3.05, 3.63) is 0 Å². The molecule has 0 amide bonds. The van der Waals surface area contributed by atoms with Crippen molar-refractivity contribution in [2.45, 2.75) is 18.6 Å². The van der Waals surface area contributed by atoms with Gasteiger partial charge >= 0.3 is 0 Å². The summed E-state index contributed by atoms with van der Waals surface area (Å²) in [7, 11) is -1.56. The highest BCUT2D eigenvalue weighted by Gasteiger charge is 2.34. The number of nitrogens with zero attached hydrogens (tertiary/aromatic N) is 1. The first-order valence-corrected chi connectivity index (χ1v) is 7.10. The maximum atomic E-state index is 11.9. The Bertz CT molecular complexity index is 294. The molecular formula is C9H18ClNO3S. The van der Waals surface area contributed by atoms with Crippen LogP contribution in [0.25, 0.3) is 0 Å². The quantitative estimate of drug-likeness (QED) is 0.686.